The first-order chi connectivity index (χ1) is 7.93. The molecule has 0 bridgehead atoms. The molecule has 0 saturated heterocycles. The summed E-state index contributed by atoms with van der Waals surface area (Å²) in [4.78, 5) is 11.3. The number of aryl methyl sites for hydroxylation is 1. The number of carbonyl (C=O) groups excluding carboxylic acids is 1. The fraction of sp³-hybridized carbons (Fsp3) is 0.167. The minimum absolute atomic E-state index is 0.0241. The Morgan fingerprint density at radius 1 is 1.59 bits per heavy atom. The van der Waals surface area contributed by atoms with Crippen LogP contribution in [0.15, 0.2) is 24.0 Å². The summed E-state index contributed by atoms with van der Waals surface area (Å²) < 4.78 is 13.5. The quantitative estimate of drug-likeness (QED) is 0.609. The van der Waals surface area contributed by atoms with Gasteiger partial charge < -0.3 is 10.4 Å². The Balaban J connectivity index is 3.02. The number of carbonyl (C=O) groups is 1. The Morgan fingerprint density at radius 3 is 2.76 bits per heavy atom. The number of nitriles is 1. The number of aliphatic hydroxyl groups is 1. The third-order valence-electron chi connectivity index (χ3n) is 2.03. The van der Waals surface area contributed by atoms with Crippen LogP contribution in [0, 0.1) is 24.1 Å². The van der Waals surface area contributed by atoms with Crippen LogP contribution in [0.3, 0.4) is 0 Å². The van der Waals surface area contributed by atoms with Crippen molar-refractivity contribution in [1.82, 2.24) is 0 Å². The van der Waals surface area contributed by atoms with E-state index in [0.717, 1.165) is 12.1 Å². The number of hydrogen-bond acceptors (Lipinski definition) is 3. The van der Waals surface area contributed by atoms with Crippen LogP contribution in [-0.4, -0.2) is 11.0 Å². The molecule has 1 rings (SSSR count). The minimum Gasteiger partial charge on any atom is -0.512 e. The Kier molecular flexibility index (Phi) is 3.83. The number of nitrogens with one attached hydrogen (secondary N) is 1. The SMILES string of the molecule is C/C(O)=C/C(=O)Nc1cc(C)c(C#N)cc1F. The summed E-state index contributed by atoms with van der Waals surface area (Å²) in [6, 6.07) is 4.27. The summed E-state index contributed by atoms with van der Waals surface area (Å²) in [6.07, 6.45) is 0.937. The van der Waals surface area contributed by atoms with Gasteiger partial charge in [0.05, 0.1) is 23.1 Å². The average Bonchev–Trinajstić information content (AvgIpc) is 2.21. The first-order valence-electron chi connectivity index (χ1n) is 4.82. The Bertz CT molecular complexity index is 526. The van der Waals surface area contributed by atoms with E-state index in [2.05, 4.69) is 5.32 Å². The molecule has 0 aromatic heterocycles. The van der Waals surface area contributed by atoms with Crippen LogP contribution in [0.5, 0.6) is 0 Å². The van der Waals surface area contributed by atoms with Gasteiger partial charge in [-0.2, -0.15) is 5.26 Å². The second kappa shape index (κ2) is 5.12. The van der Waals surface area contributed by atoms with Crippen molar-refractivity contribution in [2.45, 2.75) is 13.8 Å². The molecule has 17 heavy (non-hydrogen) atoms. The first kappa shape index (κ1) is 12.7. The molecule has 88 valence electrons. The van der Waals surface area contributed by atoms with Crippen LogP contribution in [-0.2, 0) is 4.79 Å². The van der Waals surface area contributed by atoms with E-state index in [1.807, 2.05) is 6.07 Å². The van der Waals surface area contributed by atoms with Crippen molar-refractivity contribution in [1.29, 1.82) is 5.26 Å². The molecule has 0 atom stereocenters. The molecule has 0 aliphatic heterocycles. The van der Waals surface area contributed by atoms with Crippen LogP contribution in [0.4, 0.5) is 10.1 Å². The standard InChI is InChI=1S/C12H11FN2O2/c1-7-3-11(10(13)5-9(7)6-14)15-12(17)4-8(2)16/h3-5,16H,1-2H3,(H,15,17)/b8-4-. The summed E-state index contributed by atoms with van der Waals surface area (Å²) in [5.74, 6) is -1.49. The molecule has 0 aliphatic carbocycles. The number of hydrogen-bond donors (Lipinski definition) is 2. The van der Waals surface area contributed by atoms with E-state index in [0.29, 0.717) is 5.56 Å². The van der Waals surface area contributed by atoms with Gasteiger partial charge in [0.15, 0.2) is 0 Å². The largest absolute Gasteiger partial charge is 0.512 e. The van der Waals surface area contributed by atoms with Gasteiger partial charge in [0.25, 0.3) is 5.91 Å². The predicted molar refractivity (Wildman–Crippen MR) is 60.9 cm³/mol. The molecule has 1 aromatic carbocycles. The summed E-state index contributed by atoms with van der Waals surface area (Å²) in [7, 11) is 0. The maximum atomic E-state index is 13.5. The van der Waals surface area contributed by atoms with Gasteiger partial charge >= 0.3 is 0 Å². The maximum Gasteiger partial charge on any atom is 0.251 e. The number of benzene rings is 1. The zero-order valence-corrected chi connectivity index (χ0v) is 9.41. The van der Waals surface area contributed by atoms with E-state index in [4.69, 9.17) is 10.4 Å². The summed E-state index contributed by atoms with van der Waals surface area (Å²) in [6.45, 7) is 2.97. The van der Waals surface area contributed by atoms with Crippen molar-refractivity contribution in [2.24, 2.45) is 0 Å². The number of halogens is 1. The maximum absolute atomic E-state index is 13.5. The van der Waals surface area contributed by atoms with Gasteiger partial charge in [-0.3, -0.25) is 4.79 Å². The lowest BCUT2D eigenvalue weighted by Gasteiger charge is -2.06. The third-order valence-corrected chi connectivity index (χ3v) is 2.03. The van der Waals surface area contributed by atoms with Gasteiger partial charge in [0, 0.05) is 6.08 Å². The van der Waals surface area contributed by atoms with Crippen LogP contribution in [0.1, 0.15) is 18.1 Å². The molecule has 0 spiro atoms. The number of nitrogens with zero attached hydrogens (tertiary/aromatic N) is 1. The number of allylic oxidation sites excluding steroid dienone is 1. The van der Waals surface area contributed by atoms with Crippen molar-refractivity contribution in [2.75, 3.05) is 5.32 Å². The number of rotatable bonds is 2. The monoisotopic (exact) mass is 234 g/mol. The molecule has 4 nitrogen and oxygen atoms in total. The van der Waals surface area contributed by atoms with Gasteiger partial charge in [-0.25, -0.2) is 4.39 Å². The number of anilines is 1. The lowest BCUT2D eigenvalue weighted by molar-refractivity contribution is -0.112. The van der Waals surface area contributed by atoms with Crippen molar-refractivity contribution < 1.29 is 14.3 Å². The molecular formula is C12H11FN2O2. The second-order valence-electron chi connectivity index (χ2n) is 3.53. The minimum atomic E-state index is -0.690. The molecular weight excluding hydrogens is 223 g/mol. The van der Waals surface area contributed by atoms with Gasteiger partial charge in [0.1, 0.15) is 5.82 Å². The van der Waals surface area contributed by atoms with Crippen molar-refractivity contribution in [3.05, 3.63) is 40.9 Å². The highest BCUT2D eigenvalue weighted by Gasteiger charge is 2.09. The Hall–Kier alpha value is -2.35. The van der Waals surface area contributed by atoms with Crippen LogP contribution in [0.2, 0.25) is 0 Å². The molecule has 0 fully saturated rings. The van der Waals surface area contributed by atoms with E-state index in [1.54, 1.807) is 6.92 Å². The highest BCUT2D eigenvalue weighted by Crippen LogP contribution is 2.19. The third kappa shape index (κ3) is 3.31. The summed E-state index contributed by atoms with van der Waals surface area (Å²) >= 11 is 0. The van der Waals surface area contributed by atoms with Crippen molar-refractivity contribution >= 4 is 11.6 Å². The van der Waals surface area contributed by atoms with E-state index in [-0.39, 0.29) is 17.0 Å². The lowest BCUT2D eigenvalue weighted by Crippen LogP contribution is -2.10. The van der Waals surface area contributed by atoms with Crippen LogP contribution < -0.4 is 5.32 Å². The van der Waals surface area contributed by atoms with Crippen LogP contribution in [0.25, 0.3) is 0 Å². The highest BCUT2D eigenvalue weighted by atomic mass is 19.1. The predicted octanol–water partition coefficient (Wildman–Crippen LogP) is 2.41. The summed E-state index contributed by atoms with van der Waals surface area (Å²) in [5.41, 5.74) is 0.757. The topological polar surface area (TPSA) is 73.1 Å². The number of amides is 1. The fourth-order valence-electron chi connectivity index (χ4n) is 1.26. The molecule has 1 aromatic rings. The average molecular weight is 234 g/mol. The van der Waals surface area contributed by atoms with E-state index in [1.165, 1.54) is 13.0 Å². The van der Waals surface area contributed by atoms with Crippen LogP contribution >= 0.6 is 0 Å². The summed E-state index contributed by atoms with van der Waals surface area (Å²) in [5, 5.41) is 19.8. The number of aliphatic hydroxyl groups excluding tert-OH is 1. The van der Waals surface area contributed by atoms with Crippen molar-refractivity contribution in [3.8, 4) is 6.07 Å². The van der Waals surface area contributed by atoms with Gasteiger partial charge in [-0.05, 0) is 31.5 Å². The van der Waals surface area contributed by atoms with E-state index in [9.17, 15) is 9.18 Å². The zero-order chi connectivity index (χ0) is 13.0. The smallest absolute Gasteiger partial charge is 0.251 e. The highest BCUT2D eigenvalue weighted by molar-refractivity contribution is 5.99. The molecule has 0 heterocycles. The molecule has 2 N–H and O–H groups in total. The molecule has 5 heteroatoms. The van der Waals surface area contributed by atoms with Gasteiger partial charge in [-0.1, -0.05) is 0 Å². The molecule has 0 unspecified atom stereocenters. The van der Waals surface area contributed by atoms with Crippen molar-refractivity contribution in [3.63, 3.8) is 0 Å². The Labute approximate surface area is 98.0 Å². The normalized spacial score (nSPS) is 10.8. The first-order valence-corrected chi connectivity index (χ1v) is 4.82. The van der Waals surface area contributed by atoms with E-state index < -0.39 is 11.7 Å². The zero-order valence-electron chi connectivity index (χ0n) is 9.41. The molecule has 0 saturated carbocycles. The molecule has 0 radical (unpaired) electrons. The molecule has 0 aliphatic rings. The molecule has 1 amide bonds. The van der Waals surface area contributed by atoms with Gasteiger partial charge in [-0.15, -0.1) is 0 Å². The second-order valence-corrected chi connectivity index (χ2v) is 3.53. The lowest BCUT2D eigenvalue weighted by atomic mass is 10.1. The van der Waals surface area contributed by atoms with E-state index >= 15 is 0 Å². The fourth-order valence-corrected chi connectivity index (χ4v) is 1.26. The Morgan fingerprint density at radius 2 is 2.24 bits per heavy atom. The van der Waals surface area contributed by atoms with Gasteiger partial charge in [0.2, 0.25) is 0 Å².